The maximum Gasteiger partial charge on any atom is 0.246 e. The Kier molecular flexibility index (Phi) is 7.28. The number of piperazine rings is 1. The third-order valence-electron chi connectivity index (χ3n) is 6.23. The summed E-state index contributed by atoms with van der Waals surface area (Å²) in [5.41, 5.74) is 2.09. The summed E-state index contributed by atoms with van der Waals surface area (Å²) in [4.78, 5) is 17.1. The Morgan fingerprint density at radius 3 is 2.45 bits per heavy atom. The van der Waals surface area contributed by atoms with Crippen LogP contribution in [0.3, 0.4) is 0 Å². The number of benzene rings is 1. The summed E-state index contributed by atoms with van der Waals surface area (Å²) in [5.74, 6) is 0.0471. The van der Waals surface area contributed by atoms with Gasteiger partial charge in [0.15, 0.2) is 0 Å². The maximum atomic E-state index is 13.1. The van der Waals surface area contributed by atoms with Crippen LogP contribution in [0.1, 0.15) is 17.8 Å². The molecule has 33 heavy (non-hydrogen) atoms. The summed E-state index contributed by atoms with van der Waals surface area (Å²) in [6.45, 7) is 8.03. The third-order valence-corrected chi connectivity index (χ3v) is 8.61. The zero-order valence-electron chi connectivity index (χ0n) is 19.0. The van der Waals surface area contributed by atoms with E-state index in [1.54, 1.807) is 18.5 Å². The number of aryl methyl sites for hydroxylation is 2. The maximum absolute atomic E-state index is 13.1. The highest BCUT2D eigenvalue weighted by atomic mass is 35.5. The van der Waals surface area contributed by atoms with E-state index in [0.29, 0.717) is 62.3 Å². The van der Waals surface area contributed by atoms with Crippen molar-refractivity contribution in [3.05, 3.63) is 40.7 Å². The van der Waals surface area contributed by atoms with Crippen molar-refractivity contribution in [2.45, 2.75) is 31.7 Å². The minimum atomic E-state index is -3.64. The molecule has 2 saturated heterocycles. The number of nitrogens with zero attached hydrogens (tertiary/aromatic N) is 5. The molecule has 9 nitrogen and oxygen atoms in total. The number of sulfonamides is 1. The molecule has 0 unspecified atom stereocenters. The minimum Gasteiger partial charge on any atom is -0.379 e. The fourth-order valence-corrected chi connectivity index (χ4v) is 6.40. The first-order valence-electron chi connectivity index (χ1n) is 11.2. The Bertz CT molecular complexity index is 1110. The predicted molar refractivity (Wildman–Crippen MR) is 126 cm³/mol. The molecule has 11 heteroatoms. The van der Waals surface area contributed by atoms with Crippen molar-refractivity contribution in [1.29, 1.82) is 0 Å². The molecular formula is C22H30ClN5O4S. The largest absolute Gasteiger partial charge is 0.379 e. The van der Waals surface area contributed by atoms with Crippen LogP contribution in [0.15, 0.2) is 29.2 Å². The van der Waals surface area contributed by atoms with Gasteiger partial charge in [0.05, 0.1) is 31.1 Å². The van der Waals surface area contributed by atoms with E-state index >= 15 is 0 Å². The molecule has 0 aliphatic carbocycles. The van der Waals surface area contributed by atoms with E-state index in [9.17, 15) is 13.2 Å². The molecule has 1 aromatic heterocycles. The molecule has 1 amide bonds. The van der Waals surface area contributed by atoms with Gasteiger partial charge in [0.2, 0.25) is 15.9 Å². The highest BCUT2D eigenvalue weighted by molar-refractivity contribution is 7.89. The number of morpholine rings is 1. The number of carbonyl (C=O) groups is 1. The molecule has 2 aliphatic rings. The number of ether oxygens (including phenoxy) is 1. The van der Waals surface area contributed by atoms with Gasteiger partial charge in [-0.15, -0.1) is 0 Å². The second-order valence-corrected chi connectivity index (χ2v) is 10.6. The summed E-state index contributed by atoms with van der Waals surface area (Å²) in [6.07, 6.45) is 0.274. The van der Waals surface area contributed by atoms with Gasteiger partial charge in [-0.25, -0.2) is 8.42 Å². The normalized spacial score (nSPS) is 18.0. The predicted octanol–water partition coefficient (Wildman–Crippen LogP) is 1.91. The lowest BCUT2D eigenvalue weighted by Gasteiger charge is -2.36. The van der Waals surface area contributed by atoms with E-state index in [1.807, 2.05) is 29.2 Å². The fourth-order valence-electron chi connectivity index (χ4n) is 4.43. The molecule has 2 fully saturated rings. The van der Waals surface area contributed by atoms with Crippen LogP contribution in [0.5, 0.6) is 0 Å². The average Bonchev–Trinajstić information content (AvgIpc) is 3.11. The molecule has 0 bridgehead atoms. The second kappa shape index (κ2) is 10.0. The van der Waals surface area contributed by atoms with Gasteiger partial charge in [0.25, 0.3) is 0 Å². The number of amides is 1. The topological polar surface area (TPSA) is 88.0 Å². The Morgan fingerprint density at radius 1 is 1.09 bits per heavy atom. The van der Waals surface area contributed by atoms with Crippen LogP contribution < -0.4 is 4.90 Å². The minimum absolute atomic E-state index is 0.0471. The third kappa shape index (κ3) is 5.18. The lowest BCUT2D eigenvalue weighted by atomic mass is 10.2. The molecule has 0 saturated carbocycles. The van der Waals surface area contributed by atoms with Gasteiger partial charge < -0.3 is 14.5 Å². The quantitative estimate of drug-likeness (QED) is 0.608. The van der Waals surface area contributed by atoms with Crippen LogP contribution in [0, 0.1) is 13.8 Å². The molecule has 0 atom stereocenters. The Labute approximate surface area is 199 Å². The van der Waals surface area contributed by atoms with E-state index in [0.717, 1.165) is 18.8 Å². The van der Waals surface area contributed by atoms with Crippen molar-refractivity contribution in [3.63, 3.8) is 0 Å². The van der Waals surface area contributed by atoms with Crippen molar-refractivity contribution >= 4 is 33.2 Å². The van der Waals surface area contributed by atoms with Gasteiger partial charge >= 0.3 is 0 Å². The number of anilines is 1. The first-order chi connectivity index (χ1) is 15.8. The van der Waals surface area contributed by atoms with E-state index < -0.39 is 10.0 Å². The molecule has 0 radical (unpaired) electrons. The lowest BCUT2D eigenvalue weighted by molar-refractivity contribution is -0.131. The van der Waals surface area contributed by atoms with Gasteiger partial charge in [-0.1, -0.05) is 17.7 Å². The van der Waals surface area contributed by atoms with Crippen LogP contribution in [0.4, 0.5) is 5.69 Å². The van der Waals surface area contributed by atoms with E-state index in [2.05, 4.69) is 10.00 Å². The molecule has 1 aromatic carbocycles. The van der Waals surface area contributed by atoms with Crippen LogP contribution >= 0.6 is 11.6 Å². The highest BCUT2D eigenvalue weighted by Crippen LogP contribution is 2.25. The van der Waals surface area contributed by atoms with E-state index in [4.69, 9.17) is 16.3 Å². The highest BCUT2D eigenvalue weighted by Gasteiger charge is 2.32. The van der Waals surface area contributed by atoms with Gasteiger partial charge in [0.1, 0.15) is 4.90 Å². The van der Waals surface area contributed by atoms with E-state index in [1.165, 1.54) is 4.31 Å². The number of aromatic nitrogens is 2. The number of carbonyl (C=O) groups excluding carboxylic acids is 1. The van der Waals surface area contributed by atoms with Crippen molar-refractivity contribution in [2.24, 2.45) is 0 Å². The number of halogens is 1. The van der Waals surface area contributed by atoms with Gasteiger partial charge in [-0.05, 0) is 32.0 Å². The van der Waals surface area contributed by atoms with Crippen molar-refractivity contribution < 1.29 is 17.9 Å². The van der Waals surface area contributed by atoms with Gasteiger partial charge in [-0.2, -0.15) is 9.40 Å². The molecule has 3 heterocycles. The molecule has 2 aromatic rings. The van der Waals surface area contributed by atoms with Crippen LogP contribution in [0.25, 0.3) is 0 Å². The fraction of sp³-hybridized carbons (Fsp3) is 0.545. The summed E-state index contributed by atoms with van der Waals surface area (Å²) in [7, 11) is -3.64. The second-order valence-electron chi connectivity index (χ2n) is 8.34. The smallest absolute Gasteiger partial charge is 0.246 e. The average molecular weight is 496 g/mol. The number of rotatable bonds is 6. The van der Waals surface area contributed by atoms with Crippen LogP contribution in [-0.4, -0.2) is 85.8 Å². The Balaban J connectivity index is 1.36. The van der Waals surface area contributed by atoms with Crippen molar-refractivity contribution in [1.82, 2.24) is 19.0 Å². The monoisotopic (exact) mass is 495 g/mol. The first-order valence-corrected chi connectivity index (χ1v) is 13.0. The van der Waals surface area contributed by atoms with Crippen molar-refractivity contribution in [3.8, 4) is 0 Å². The summed E-state index contributed by atoms with van der Waals surface area (Å²) < 4.78 is 34.6. The summed E-state index contributed by atoms with van der Waals surface area (Å²) in [5, 5.41) is 5.14. The molecule has 0 N–H and O–H groups in total. The molecule has 4 rings (SSSR count). The van der Waals surface area contributed by atoms with E-state index in [-0.39, 0.29) is 17.2 Å². The van der Waals surface area contributed by atoms with Gasteiger partial charge in [-0.3, -0.25) is 9.48 Å². The summed E-state index contributed by atoms with van der Waals surface area (Å²) in [6, 6.07) is 7.73. The Hall–Kier alpha value is -2.14. The molecular weight excluding hydrogens is 466 g/mol. The SMILES string of the molecule is Cc1nn(CCC(=O)N2CCN(c3cccc(Cl)c3)CC2)c(C)c1S(=O)(=O)N1CCOCC1. The number of hydrogen-bond donors (Lipinski definition) is 0. The van der Waals surface area contributed by atoms with Crippen molar-refractivity contribution in [2.75, 3.05) is 57.4 Å². The van der Waals surface area contributed by atoms with Crippen LogP contribution in [0.2, 0.25) is 5.02 Å². The Morgan fingerprint density at radius 2 is 1.79 bits per heavy atom. The summed E-state index contributed by atoms with van der Waals surface area (Å²) >= 11 is 6.10. The van der Waals surface area contributed by atoms with Crippen LogP contribution in [-0.2, 0) is 26.1 Å². The van der Waals surface area contributed by atoms with Gasteiger partial charge in [0, 0.05) is 56.4 Å². The molecule has 0 spiro atoms. The molecule has 180 valence electrons. The first kappa shape index (κ1) is 24.0. The standard InChI is InChI=1S/C22H30ClN5O4S/c1-17-22(33(30,31)27-12-14-32-15-13-27)18(2)28(24-17)7-6-21(29)26-10-8-25(9-11-26)20-5-3-4-19(23)16-20/h3-5,16H,6-15H2,1-2H3. The zero-order chi connectivity index (χ0) is 23.6. The molecule has 2 aliphatic heterocycles. The lowest BCUT2D eigenvalue weighted by Crippen LogP contribution is -2.49. The number of hydrogen-bond acceptors (Lipinski definition) is 6. The zero-order valence-corrected chi connectivity index (χ0v) is 20.6.